The van der Waals surface area contributed by atoms with Gasteiger partial charge >= 0.3 is 0 Å². The van der Waals surface area contributed by atoms with Crippen LogP contribution < -0.4 is 5.32 Å². The van der Waals surface area contributed by atoms with E-state index >= 15 is 0 Å². The monoisotopic (exact) mass is 246 g/mol. The van der Waals surface area contributed by atoms with Gasteiger partial charge in [0.15, 0.2) is 0 Å². The molecule has 1 N–H and O–H groups in total. The Kier molecular flexibility index (Phi) is 4.79. The predicted octanol–water partition coefficient (Wildman–Crippen LogP) is 2.88. The van der Waals surface area contributed by atoms with Crippen molar-refractivity contribution in [2.24, 2.45) is 0 Å². The summed E-state index contributed by atoms with van der Waals surface area (Å²) in [6, 6.07) is 7.48. The minimum Gasteiger partial charge on any atom is -0.311 e. The third kappa shape index (κ3) is 3.33. The van der Waals surface area contributed by atoms with Gasteiger partial charge in [0.25, 0.3) is 0 Å². The number of rotatable bonds is 5. The molecule has 2 rings (SSSR count). The maximum atomic E-state index is 3.63. The van der Waals surface area contributed by atoms with E-state index in [1.54, 1.807) is 0 Å². The summed E-state index contributed by atoms with van der Waals surface area (Å²) in [5.74, 6) is 0. The van der Waals surface area contributed by atoms with Gasteiger partial charge in [0.05, 0.1) is 0 Å². The van der Waals surface area contributed by atoms with Crippen LogP contribution in [0.15, 0.2) is 18.2 Å². The SMILES string of the molecule is CCN1CCCC1CNCc1ccc(C)cc1C. The normalized spacial score (nSPS) is 20.5. The van der Waals surface area contributed by atoms with Crippen molar-refractivity contribution in [1.29, 1.82) is 0 Å². The summed E-state index contributed by atoms with van der Waals surface area (Å²) in [4.78, 5) is 2.59. The van der Waals surface area contributed by atoms with E-state index in [9.17, 15) is 0 Å². The van der Waals surface area contributed by atoms with Crippen LogP contribution in [0.2, 0.25) is 0 Å². The maximum Gasteiger partial charge on any atom is 0.0221 e. The van der Waals surface area contributed by atoms with Crippen molar-refractivity contribution >= 4 is 0 Å². The van der Waals surface area contributed by atoms with Gasteiger partial charge < -0.3 is 5.32 Å². The van der Waals surface area contributed by atoms with Gasteiger partial charge in [0.1, 0.15) is 0 Å². The first kappa shape index (κ1) is 13.6. The smallest absolute Gasteiger partial charge is 0.0221 e. The van der Waals surface area contributed by atoms with Crippen LogP contribution >= 0.6 is 0 Å². The van der Waals surface area contributed by atoms with Crippen LogP contribution in [0.1, 0.15) is 36.5 Å². The molecule has 2 nitrogen and oxygen atoms in total. The summed E-state index contributed by atoms with van der Waals surface area (Å²) in [5.41, 5.74) is 4.19. The van der Waals surface area contributed by atoms with E-state index in [1.165, 1.54) is 42.6 Å². The van der Waals surface area contributed by atoms with E-state index in [1.807, 2.05) is 0 Å². The Labute approximate surface area is 111 Å². The zero-order valence-electron chi connectivity index (χ0n) is 12.0. The quantitative estimate of drug-likeness (QED) is 0.859. The number of aryl methyl sites for hydroxylation is 2. The molecule has 0 aliphatic carbocycles. The standard InChI is InChI=1S/C16H26N2/c1-4-18-9-5-6-16(18)12-17-11-15-8-7-13(2)10-14(15)3/h7-8,10,16-17H,4-6,9,11-12H2,1-3H3. The zero-order chi connectivity index (χ0) is 13.0. The van der Waals surface area contributed by atoms with E-state index in [0.717, 1.165) is 19.1 Å². The fourth-order valence-corrected chi connectivity index (χ4v) is 2.96. The van der Waals surface area contributed by atoms with E-state index < -0.39 is 0 Å². The minimum atomic E-state index is 0.751. The van der Waals surface area contributed by atoms with Crippen molar-refractivity contribution in [3.05, 3.63) is 34.9 Å². The van der Waals surface area contributed by atoms with E-state index in [-0.39, 0.29) is 0 Å². The number of nitrogens with one attached hydrogen (secondary N) is 1. The molecular formula is C16H26N2. The molecule has 1 heterocycles. The van der Waals surface area contributed by atoms with Crippen LogP contribution in [0, 0.1) is 13.8 Å². The van der Waals surface area contributed by atoms with Crippen molar-refractivity contribution in [3.63, 3.8) is 0 Å². The van der Waals surface area contributed by atoms with Crippen LogP contribution in [0.5, 0.6) is 0 Å². The molecule has 1 aromatic rings. The number of nitrogens with zero attached hydrogens (tertiary/aromatic N) is 1. The third-order valence-corrected chi connectivity index (χ3v) is 4.10. The highest BCUT2D eigenvalue weighted by atomic mass is 15.2. The Morgan fingerprint density at radius 3 is 2.89 bits per heavy atom. The summed E-state index contributed by atoms with van der Waals surface area (Å²) in [5, 5.41) is 3.63. The van der Waals surface area contributed by atoms with Gasteiger partial charge in [-0.15, -0.1) is 0 Å². The maximum absolute atomic E-state index is 3.63. The molecule has 1 unspecified atom stereocenters. The lowest BCUT2D eigenvalue weighted by atomic mass is 10.1. The van der Waals surface area contributed by atoms with Crippen molar-refractivity contribution in [3.8, 4) is 0 Å². The summed E-state index contributed by atoms with van der Waals surface area (Å²) in [6.07, 6.45) is 2.72. The average molecular weight is 246 g/mol. The lowest BCUT2D eigenvalue weighted by Gasteiger charge is -2.23. The molecule has 1 aromatic carbocycles. The first-order valence-electron chi connectivity index (χ1n) is 7.21. The molecule has 0 radical (unpaired) electrons. The Hall–Kier alpha value is -0.860. The van der Waals surface area contributed by atoms with Crippen LogP contribution in [0.3, 0.4) is 0 Å². The van der Waals surface area contributed by atoms with Gasteiger partial charge in [-0.3, -0.25) is 4.90 Å². The summed E-state index contributed by atoms with van der Waals surface area (Å²) < 4.78 is 0. The Balaban J connectivity index is 1.81. The van der Waals surface area contributed by atoms with Crippen LogP contribution in [0.4, 0.5) is 0 Å². The van der Waals surface area contributed by atoms with Gasteiger partial charge in [-0.2, -0.15) is 0 Å². The van der Waals surface area contributed by atoms with Gasteiger partial charge in [-0.1, -0.05) is 30.7 Å². The van der Waals surface area contributed by atoms with Crippen LogP contribution in [0.25, 0.3) is 0 Å². The van der Waals surface area contributed by atoms with Gasteiger partial charge in [-0.05, 0) is 50.9 Å². The number of hydrogen-bond acceptors (Lipinski definition) is 2. The Morgan fingerprint density at radius 2 is 2.17 bits per heavy atom. The number of likely N-dealkylation sites (tertiary alicyclic amines) is 1. The second-order valence-electron chi connectivity index (χ2n) is 5.49. The van der Waals surface area contributed by atoms with Crippen molar-refractivity contribution in [1.82, 2.24) is 10.2 Å². The van der Waals surface area contributed by atoms with Crippen LogP contribution in [-0.2, 0) is 6.54 Å². The second kappa shape index (κ2) is 6.35. The lowest BCUT2D eigenvalue weighted by Crippen LogP contribution is -2.37. The molecule has 0 spiro atoms. The Morgan fingerprint density at radius 1 is 1.33 bits per heavy atom. The van der Waals surface area contributed by atoms with Gasteiger partial charge in [0.2, 0.25) is 0 Å². The molecule has 18 heavy (non-hydrogen) atoms. The molecule has 0 amide bonds. The topological polar surface area (TPSA) is 15.3 Å². The zero-order valence-corrected chi connectivity index (χ0v) is 12.0. The average Bonchev–Trinajstić information content (AvgIpc) is 2.79. The Bertz CT molecular complexity index is 387. The molecule has 0 aromatic heterocycles. The highest BCUT2D eigenvalue weighted by molar-refractivity contribution is 5.30. The van der Waals surface area contributed by atoms with Gasteiger partial charge in [0, 0.05) is 19.1 Å². The number of benzene rings is 1. The molecule has 1 atom stereocenters. The fourth-order valence-electron chi connectivity index (χ4n) is 2.96. The van der Waals surface area contributed by atoms with E-state index in [4.69, 9.17) is 0 Å². The molecule has 1 fully saturated rings. The van der Waals surface area contributed by atoms with Crippen molar-refractivity contribution in [2.45, 2.75) is 46.2 Å². The lowest BCUT2D eigenvalue weighted by molar-refractivity contribution is 0.260. The molecule has 0 bridgehead atoms. The van der Waals surface area contributed by atoms with E-state index in [2.05, 4.69) is 49.2 Å². The first-order chi connectivity index (χ1) is 8.70. The van der Waals surface area contributed by atoms with Crippen molar-refractivity contribution in [2.75, 3.05) is 19.6 Å². The molecule has 0 saturated carbocycles. The first-order valence-corrected chi connectivity index (χ1v) is 7.21. The molecule has 2 heteroatoms. The second-order valence-corrected chi connectivity index (χ2v) is 5.49. The summed E-state index contributed by atoms with van der Waals surface area (Å²) >= 11 is 0. The third-order valence-electron chi connectivity index (χ3n) is 4.10. The fraction of sp³-hybridized carbons (Fsp3) is 0.625. The summed E-state index contributed by atoms with van der Waals surface area (Å²) in [7, 11) is 0. The highest BCUT2D eigenvalue weighted by Crippen LogP contribution is 2.16. The van der Waals surface area contributed by atoms with Crippen molar-refractivity contribution < 1.29 is 0 Å². The highest BCUT2D eigenvalue weighted by Gasteiger charge is 2.21. The van der Waals surface area contributed by atoms with Crippen LogP contribution in [-0.4, -0.2) is 30.6 Å². The minimum absolute atomic E-state index is 0.751. The number of hydrogen-bond donors (Lipinski definition) is 1. The predicted molar refractivity (Wildman–Crippen MR) is 77.9 cm³/mol. The molecule has 1 aliphatic heterocycles. The van der Waals surface area contributed by atoms with Gasteiger partial charge in [-0.25, -0.2) is 0 Å². The summed E-state index contributed by atoms with van der Waals surface area (Å²) in [6.45, 7) is 11.2. The molecule has 1 saturated heterocycles. The van der Waals surface area contributed by atoms with E-state index in [0.29, 0.717) is 0 Å². The molecule has 100 valence electrons. The number of likely N-dealkylation sites (N-methyl/N-ethyl adjacent to an activating group) is 1. The molecule has 1 aliphatic rings. The molecular weight excluding hydrogens is 220 g/mol. The largest absolute Gasteiger partial charge is 0.311 e.